The fourth-order valence-electron chi connectivity index (χ4n) is 2.19. The smallest absolute Gasteiger partial charge is 0.123 e. The average Bonchev–Trinajstić information content (AvgIpc) is 2.69. The Labute approximate surface area is 89.9 Å². The maximum atomic E-state index is 12.7. The highest BCUT2D eigenvalue weighted by Crippen LogP contribution is 2.19. The summed E-state index contributed by atoms with van der Waals surface area (Å²) in [5.41, 5.74) is 6.86. The van der Waals surface area contributed by atoms with Crippen LogP contribution in [-0.2, 0) is 6.54 Å². The number of nitrogens with zero attached hydrogens (tertiary/aromatic N) is 1. The molecule has 1 atom stereocenters. The molecule has 1 saturated heterocycles. The summed E-state index contributed by atoms with van der Waals surface area (Å²) in [5.74, 6) is -0.171. The fourth-order valence-corrected chi connectivity index (χ4v) is 2.19. The lowest BCUT2D eigenvalue weighted by atomic mass is 10.2. The van der Waals surface area contributed by atoms with Gasteiger partial charge in [0.1, 0.15) is 5.82 Å². The second-order valence-corrected chi connectivity index (χ2v) is 4.13. The molecule has 1 aliphatic rings. The molecule has 1 heterocycles. The summed E-state index contributed by atoms with van der Waals surface area (Å²) in [4.78, 5) is 2.38. The summed E-state index contributed by atoms with van der Waals surface area (Å²) < 4.78 is 12.7. The molecule has 0 radical (unpaired) electrons. The van der Waals surface area contributed by atoms with E-state index >= 15 is 0 Å². The number of likely N-dealkylation sites (tertiary alicyclic amines) is 1. The molecule has 1 fully saturated rings. The van der Waals surface area contributed by atoms with Gasteiger partial charge in [0, 0.05) is 19.1 Å². The molecule has 0 spiro atoms. The number of halogens is 1. The lowest BCUT2D eigenvalue weighted by molar-refractivity contribution is 0.250. The van der Waals surface area contributed by atoms with Crippen molar-refractivity contribution in [2.75, 3.05) is 13.1 Å². The second kappa shape index (κ2) is 4.73. The summed E-state index contributed by atoms with van der Waals surface area (Å²) in [6.07, 6.45) is 2.42. The van der Waals surface area contributed by atoms with E-state index in [0.717, 1.165) is 25.2 Å². The summed E-state index contributed by atoms with van der Waals surface area (Å²) in [5, 5.41) is 0. The first-order valence-corrected chi connectivity index (χ1v) is 5.48. The summed E-state index contributed by atoms with van der Waals surface area (Å²) in [6.45, 7) is 2.72. The molecule has 2 rings (SSSR count). The summed E-state index contributed by atoms with van der Waals surface area (Å²) >= 11 is 0. The van der Waals surface area contributed by atoms with Gasteiger partial charge in [0.15, 0.2) is 0 Å². The zero-order valence-corrected chi connectivity index (χ0v) is 8.82. The van der Waals surface area contributed by atoms with Crippen LogP contribution in [-0.4, -0.2) is 24.0 Å². The predicted molar refractivity (Wildman–Crippen MR) is 58.9 cm³/mol. The van der Waals surface area contributed by atoms with Gasteiger partial charge in [-0.05, 0) is 37.1 Å². The quantitative estimate of drug-likeness (QED) is 0.820. The topological polar surface area (TPSA) is 29.3 Å². The Kier molecular flexibility index (Phi) is 3.34. The number of benzene rings is 1. The molecule has 0 aliphatic carbocycles. The van der Waals surface area contributed by atoms with Gasteiger partial charge < -0.3 is 5.73 Å². The van der Waals surface area contributed by atoms with Gasteiger partial charge >= 0.3 is 0 Å². The van der Waals surface area contributed by atoms with Gasteiger partial charge in [-0.25, -0.2) is 4.39 Å². The van der Waals surface area contributed by atoms with Crippen molar-refractivity contribution in [3.8, 4) is 0 Å². The molecular weight excluding hydrogens is 191 g/mol. The highest BCUT2D eigenvalue weighted by atomic mass is 19.1. The van der Waals surface area contributed by atoms with Crippen LogP contribution in [0, 0.1) is 5.82 Å². The molecule has 1 aromatic rings. The monoisotopic (exact) mass is 208 g/mol. The zero-order valence-electron chi connectivity index (χ0n) is 8.82. The Balaban J connectivity index is 1.99. The van der Waals surface area contributed by atoms with Gasteiger partial charge in [0.05, 0.1) is 0 Å². The summed E-state index contributed by atoms with van der Waals surface area (Å²) in [6, 6.07) is 7.24. The first kappa shape index (κ1) is 10.6. The molecule has 1 unspecified atom stereocenters. The predicted octanol–water partition coefficient (Wildman–Crippen LogP) is 1.75. The third-order valence-electron chi connectivity index (χ3n) is 3.07. The van der Waals surface area contributed by atoms with Crippen LogP contribution in [0.15, 0.2) is 24.3 Å². The van der Waals surface area contributed by atoms with Gasteiger partial charge in [-0.1, -0.05) is 12.1 Å². The van der Waals surface area contributed by atoms with Crippen molar-refractivity contribution in [3.05, 3.63) is 35.6 Å². The van der Waals surface area contributed by atoms with Gasteiger partial charge in [-0.2, -0.15) is 0 Å². The van der Waals surface area contributed by atoms with Gasteiger partial charge in [-0.3, -0.25) is 4.90 Å². The van der Waals surface area contributed by atoms with E-state index in [2.05, 4.69) is 4.90 Å². The lowest BCUT2D eigenvalue weighted by Crippen LogP contribution is -2.34. The van der Waals surface area contributed by atoms with Crippen molar-refractivity contribution in [2.45, 2.75) is 25.4 Å². The number of hydrogen-bond acceptors (Lipinski definition) is 2. The van der Waals surface area contributed by atoms with Crippen molar-refractivity contribution < 1.29 is 4.39 Å². The van der Waals surface area contributed by atoms with Crippen LogP contribution in [0.3, 0.4) is 0 Å². The highest BCUT2D eigenvalue weighted by Gasteiger charge is 2.22. The van der Waals surface area contributed by atoms with E-state index in [9.17, 15) is 4.39 Å². The van der Waals surface area contributed by atoms with Crippen LogP contribution in [0.4, 0.5) is 4.39 Å². The standard InChI is InChI=1S/C12H17FN2/c13-11-5-3-10(4-6-11)9-15-7-1-2-12(15)8-14/h3-6,12H,1-2,7-9,14H2. The second-order valence-electron chi connectivity index (χ2n) is 4.13. The molecule has 0 bridgehead atoms. The van der Waals surface area contributed by atoms with Gasteiger partial charge in [0.25, 0.3) is 0 Å². The number of rotatable bonds is 3. The molecule has 1 aromatic carbocycles. The number of hydrogen-bond donors (Lipinski definition) is 1. The molecule has 0 aromatic heterocycles. The van der Waals surface area contributed by atoms with Gasteiger partial charge in [-0.15, -0.1) is 0 Å². The number of nitrogens with two attached hydrogens (primary N) is 1. The first-order chi connectivity index (χ1) is 7.29. The van der Waals surface area contributed by atoms with E-state index in [1.165, 1.54) is 25.0 Å². The average molecular weight is 208 g/mol. The lowest BCUT2D eigenvalue weighted by Gasteiger charge is -2.22. The Morgan fingerprint density at radius 3 is 2.73 bits per heavy atom. The summed E-state index contributed by atoms with van der Waals surface area (Å²) in [7, 11) is 0. The Morgan fingerprint density at radius 2 is 2.07 bits per heavy atom. The largest absolute Gasteiger partial charge is 0.329 e. The minimum atomic E-state index is -0.171. The Morgan fingerprint density at radius 1 is 1.33 bits per heavy atom. The molecule has 0 amide bonds. The van der Waals surface area contributed by atoms with Crippen molar-refractivity contribution in [1.82, 2.24) is 4.90 Å². The third kappa shape index (κ3) is 2.55. The minimum absolute atomic E-state index is 0.171. The Bertz CT molecular complexity index is 310. The highest BCUT2D eigenvalue weighted by molar-refractivity contribution is 5.16. The molecule has 2 nitrogen and oxygen atoms in total. The molecule has 2 N–H and O–H groups in total. The van der Waals surface area contributed by atoms with Crippen molar-refractivity contribution in [1.29, 1.82) is 0 Å². The van der Waals surface area contributed by atoms with Crippen molar-refractivity contribution >= 4 is 0 Å². The van der Waals surface area contributed by atoms with Crippen LogP contribution in [0.1, 0.15) is 18.4 Å². The molecule has 82 valence electrons. The maximum Gasteiger partial charge on any atom is 0.123 e. The Hall–Kier alpha value is -0.930. The van der Waals surface area contributed by atoms with Crippen LogP contribution in [0.25, 0.3) is 0 Å². The van der Waals surface area contributed by atoms with Crippen LogP contribution >= 0.6 is 0 Å². The fraction of sp³-hybridized carbons (Fsp3) is 0.500. The molecule has 15 heavy (non-hydrogen) atoms. The SMILES string of the molecule is NCC1CCCN1Cc1ccc(F)cc1. The molecular formula is C12H17FN2. The van der Waals surface area contributed by atoms with Crippen molar-refractivity contribution in [3.63, 3.8) is 0 Å². The van der Waals surface area contributed by atoms with E-state index in [-0.39, 0.29) is 5.82 Å². The van der Waals surface area contributed by atoms with Crippen molar-refractivity contribution in [2.24, 2.45) is 5.73 Å². The van der Waals surface area contributed by atoms with E-state index in [1.54, 1.807) is 0 Å². The van der Waals surface area contributed by atoms with Crippen LogP contribution in [0.2, 0.25) is 0 Å². The zero-order chi connectivity index (χ0) is 10.7. The van der Waals surface area contributed by atoms with Gasteiger partial charge in [0.2, 0.25) is 0 Å². The van der Waals surface area contributed by atoms with E-state index in [0.29, 0.717) is 6.04 Å². The maximum absolute atomic E-state index is 12.7. The molecule has 0 saturated carbocycles. The normalized spacial score (nSPS) is 22.1. The van der Waals surface area contributed by atoms with E-state index in [1.807, 2.05) is 12.1 Å². The minimum Gasteiger partial charge on any atom is -0.329 e. The van der Waals surface area contributed by atoms with Crippen LogP contribution < -0.4 is 5.73 Å². The molecule has 1 aliphatic heterocycles. The first-order valence-electron chi connectivity index (χ1n) is 5.48. The molecule has 3 heteroatoms. The van der Waals surface area contributed by atoms with Crippen LogP contribution in [0.5, 0.6) is 0 Å². The van der Waals surface area contributed by atoms with E-state index in [4.69, 9.17) is 5.73 Å². The third-order valence-corrected chi connectivity index (χ3v) is 3.07. The van der Waals surface area contributed by atoms with E-state index < -0.39 is 0 Å².